The van der Waals surface area contributed by atoms with Crippen LogP contribution in [0.2, 0.25) is 0 Å². The number of anilines is 3. The van der Waals surface area contributed by atoms with Gasteiger partial charge in [-0.2, -0.15) is 0 Å². The Bertz CT molecular complexity index is 1360. The number of aromatic nitrogens is 3. The maximum atomic E-state index is 13.5. The summed E-state index contributed by atoms with van der Waals surface area (Å²) in [7, 11) is 0. The van der Waals surface area contributed by atoms with E-state index in [4.69, 9.17) is 4.52 Å². The van der Waals surface area contributed by atoms with E-state index in [0.29, 0.717) is 16.9 Å². The van der Waals surface area contributed by atoms with Gasteiger partial charge in [0.1, 0.15) is 5.52 Å². The summed E-state index contributed by atoms with van der Waals surface area (Å²) in [5, 5.41) is 8.76. The minimum absolute atomic E-state index is 0.00652. The van der Waals surface area contributed by atoms with Gasteiger partial charge in [-0.15, -0.1) is 0 Å². The van der Waals surface area contributed by atoms with E-state index in [9.17, 15) is 4.79 Å². The predicted molar refractivity (Wildman–Crippen MR) is 128 cm³/mol. The van der Waals surface area contributed by atoms with Crippen molar-refractivity contribution in [3.63, 3.8) is 0 Å². The van der Waals surface area contributed by atoms with E-state index in [-0.39, 0.29) is 11.8 Å². The molecule has 2 aliphatic rings. The van der Waals surface area contributed by atoms with Crippen molar-refractivity contribution >= 4 is 34.0 Å². The largest absolute Gasteiger partial charge is 0.382 e. The zero-order valence-corrected chi connectivity index (χ0v) is 18.6. The third-order valence-corrected chi connectivity index (χ3v) is 6.28. The average molecular weight is 441 g/mol. The molecule has 8 heteroatoms. The van der Waals surface area contributed by atoms with Crippen molar-refractivity contribution in [2.45, 2.75) is 19.9 Å². The van der Waals surface area contributed by atoms with E-state index < -0.39 is 0 Å². The number of carbonyl (C=O) groups excluding carboxylic acids is 1. The van der Waals surface area contributed by atoms with E-state index in [1.165, 1.54) is 0 Å². The van der Waals surface area contributed by atoms with Gasteiger partial charge in [0.2, 0.25) is 5.95 Å². The van der Waals surface area contributed by atoms with E-state index in [0.717, 1.165) is 60.0 Å². The Balaban J connectivity index is 1.45. The summed E-state index contributed by atoms with van der Waals surface area (Å²) in [4.78, 5) is 26.8. The monoisotopic (exact) mass is 440 g/mol. The summed E-state index contributed by atoms with van der Waals surface area (Å²) in [6, 6.07) is 11.6. The number of piperazine rings is 1. The second-order valence-corrected chi connectivity index (χ2v) is 8.75. The molecule has 1 N–H and O–H groups in total. The summed E-state index contributed by atoms with van der Waals surface area (Å²) in [5.41, 5.74) is 4.64. The van der Waals surface area contributed by atoms with Crippen LogP contribution in [-0.2, 0) is 0 Å². The molecule has 2 aromatic heterocycles. The molecule has 33 heavy (non-hydrogen) atoms. The second-order valence-electron chi connectivity index (χ2n) is 8.75. The van der Waals surface area contributed by atoms with Crippen LogP contribution in [0.15, 0.2) is 53.3 Å². The summed E-state index contributed by atoms with van der Waals surface area (Å²) in [6.07, 6.45) is 3.54. The standard InChI is InChI=1S/C25H24N6O2/c1-15(2)28-18-14-19(30-10-12-31(13-11-30)25-26-8-5-9-27-25)22-21-20(18)23(32)16-6-3-4-7-17(16)24(21)33-29-22/h3-9,14-15,28H,10-13H2,1-2H3. The number of carbonyl (C=O) groups is 1. The highest BCUT2D eigenvalue weighted by atomic mass is 16.5. The van der Waals surface area contributed by atoms with Gasteiger partial charge in [-0.25, -0.2) is 9.97 Å². The van der Waals surface area contributed by atoms with Crippen LogP contribution in [0.25, 0.3) is 22.2 Å². The number of fused-ring (bicyclic) bond motifs is 2. The third-order valence-electron chi connectivity index (χ3n) is 6.28. The maximum absolute atomic E-state index is 13.5. The highest BCUT2D eigenvalue weighted by molar-refractivity contribution is 6.28. The van der Waals surface area contributed by atoms with Crippen molar-refractivity contribution in [3.8, 4) is 11.3 Å². The summed E-state index contributed by atoms with van der Waals surface area (Å²) in [5.74, 6) is 1.42. The molecule has 0 amide bonds. The number of rotatable bonds is 4. The number of benzene rings is 2. The van der Waals surface area contributed by atoms with Crippen LogP contribution in [-0.4, -0.2) is 53.1 Å². The minimum atomic E-state index is 0.00652. The minimum Gasteiger partial charge on any atom is -0.382 e. The topological polar surface area (TPSA) is 87.4 Å². The van der Waals surface area contributed by atoms with Crippen molar-refractivity contribution in [2.75, 3.05) is 41.3 Å². The number of nitrogens with one attached hydrogen (secondary N) is 1. The predicted octanol–water partition coefficient (Wildman–Crippen LogP) is 3.98. The van der Waals surface area contributed by atoms with Crippen LogP contribution < -0.4 is 15.1 Å². The van der Waals surface area contributed by atoms with Gasteiger partial charge in [0.25, 0.3) is 0 Å². The van der Waals surface area contributed by atoms with Crippen LogP contribution in [0, 0.1) is 0 Å². The Hall–Kier alpha value is -3.94. The molecular weight excluding hydrogens is 416 g/mol. The SMILES string of the molecule is CC(C)Nc1cc(N2CCN(c3ncccn3)CC2)c2noc3c2c1C(=O)c1ccccc1-3. The Morgan fingerprint density at radius 3 is 2.39 bits per heavy atom. The molecule has 166 valence electrons. The molecule has 0 radical (unpaired) electrons. The number of hydrogen-bond acceptors (Lipinski definition) is 8. The molecule has 0 saturated carbocycles. The Morgan fingerprint density at radius 2 is 1.67 bits per heavy atom. The van der Waals surface area contributed by atoms with Gasteiger partial charge in [0, 0.05) is 61.4 Å². The third kappa shape index (κ3) is 3.13. The first-order valence-corrected chi connectivity index (χ1v) is 11.3. The molecule has 0 atom stereocenters. The molecule has 1 fully saturated rings. The quantitative estimate of drug-likeness (QED) is 0.449. The highest BCUT2D eigenvalue weighted by Gasteiger charge is 2.34. The lowest BCUT2D eigenvalue weighted by molar-refractivity contribution is 0.104. The fourth-order valence-electron chi connectivity index (χ4n) is 4.81. The zero-order valence-electron chi connectivity index (χ0n) is 18.6. The Labute approximate surface area is 191 Å². The highest BCUT2D eigenvalue weighted by Crippen LogP contribution is 2.46. The molecule has 0 bridgehead atoms. The molecule has 0 unspecified atom stereocenters. The van der Waals surface area contributed by atoms with Crippen molar-refractivity contribution in [1.82, 2.24) is 15.1 Å². The maximum Gasteiger partial charge on any atom is 0.225 e. The second kappa shape index (κ2) is 7.58. The van der Waals surface area contributed by atoms with Crippen LogP contribution >= 0.6 is 0 Å². The smallest absolute Gasteiger partial charge is 0.225 e. The molecule has 1 aliphatic carbocycles. The first kappa shape index (κ1) is 19.7. The Morgan fingerprint density at radius 1 is 0.970 bits per heavy atom. The molecular formula is C25H24N6O2. The van der Waals surface area contributed by atoms with Crippen molar-refractivity contribution in [2.24, 2.45) is 0 Å². The zero-order chi connectivity index (χ0) is 22.5. The molecule has 8 nitrogen and oxygen atoms in total. The number of nitrogens with zero attached hydrogens (tertiary/aromatic N) is 5. The lowest BCUT2D eigenvalue weighted by Gasteiger charge is -2.36. The molecule has 1 saturated heterocycles. The van der Waals surface area contributed by atoms with Gasteiger partial charge >= 0.3 is 0 Å². The van der Waals surface area contributed by atoms with Crippen LogP contribution in [0.1, 0.15) is 29.8 Å². The van der Waals surface area contributed by atoms with Gasteiger partial charge in [0.05, 0.1) is 16.6 Å². The molecule has 2 aromatic carbocycles. The average Bonchev–Trinajstić information content (AvgIpc) is 3.28. The summed E-state index contributed by atoms with van der Waals surface area (Å²) >= 11 is 0. The van der Waals surface area contributed by atoms with E-state index in [2.05, 4.69) is 50.2 Å². The lowest BCUT2D eigenvalue weighted by Crippen LogP contribution is -2.47. The van der Waals surface area contributed by atoms with Crippen molar-refractivity contribution in [3.05, 3.63) is 59.9 Å². The summed E-state index contributed by atoms with van der Waals surface area (Å²) in [6.45, 7) is 7.33. The molecule has 0 spiro atoms. The van der Waals surface area contributed by atoms with Crippen molar-refractivity contribution in [1.29, 1.82) is 0 Å². The number of ketones is 1. The number of hydrogen-bond donors (Lipinski definition) is 1. The fraction of sp³-hybridized carbons (Fsp3) is 0.280. The van der Waals surface area contributed by atoms with Crippen molar-refractivity contribution < 1.29 is 9.32 Å². The Kier molecular flexibility index (Phi) is 4.53. The lowest BCUT2D eigenvalue weighted by atomic mass is 9.86. The molecule has 6 rings (SSSR count). The fourth-order valence-corrected chi connectivity index (χ4v) is 4.81. The van der Waals surface area contributed by atoms with Gasteiger partial charge in [-0.3, -0.25) is 4.79 Å². The van der Waals surface area contributed by atoms with E-state index in [1.807, 2.05) is 30.3 Å². The first-order chi connectivity index (χ1) is 16.1. The van der Waals surface area contributed by atoms with Gasteiger partial charge < -0.3 is 19.6 Å². The van der Waals surface area contributed by atoms with E-state index in [1.54, 1.807) is 12.4 Å². The van der Waals surface area contributed by atoms with Crippen LogP contribution in [0.5, 0.6) is 0 Å². The van der Waals surface area contributed by atoms with E-state index >= 15 is 0 Å². The first-order valence-electron chi connectivity index (χ1n) is 11.3. The van der Waals surface area contributed by atoms with Gasteiger partial charge in [-0.1, -0.05) is 29.4 Å². The van der Waals surface area contributed by atoms with Gasteiger partial charge in [-0.05, 0) is 26.0 Å². The van der Waals surface area contributed by atoms with Gasteiger partial charge in [0.15, 0.2) is 11.5 Å². The molecule has 4 aromatic rings. The molecule has 1 aliphatic heterocycles. The van der Waals surface area contributed by atoms with Crippen LogP contribution in [0.3, 0.4) is 0 Å². The molecule has 3 heterocycles. The normalized spacial score (nSPS) is 15.3. The summed E-state index contributed by atoms with van der Waals surface area (Å²) < 4.78 is 5.87. The van der Waals surface area contributed by atoms with Crippen LogP contribution in [0.4, 0.5) is 17.3 Å².